The van der Waals surface area contributed by atoms with Gasteiger partial charge in [-0.15, -0.1) is 22.7 Å². The number of rotatable bonds is 4. The molecule has 0 spiro atoms. The van der Waals surface area contributed by atoms with Crippen LogP contribution in [0.15, 0.2) is 22.9 Å². The molecule has 0 bridgehead atoms. The standard InChI is InChI=1S/C13H16N2OS2/c1-4-9(2)15(3)13(16)10-8-18-12(14-10)11-6-5-7-17-11/h5-9H,4H2,1-3H3. The van der Waals surface area contributed by atoms with Crippen LogP contribution in [0.25, 0.3) is 9.88 Å². The third kappa shape index (κ3) is 2.62. The molecule has 0 fully saturated rings. The normalized spacial score (nSPS) is 12.4. The second-order valence-corrected chi connectivity index (χ2v) is 5.99. The van der Waals surface area contributed by atoms with Crippen LogP contribution in [0.4, 0.5) is 0 Å². The first kappa shape index (κ1) is 13.2. The molecule has 5 heteroatoms. The van der Waals surface area contributed by atoms with Crippen LogP contribution in [-0.2, 0) is 0 Å². The minimum atomic E-state index is 0.00315. The molecular weight excluding hydrogens is 264 g/mol. The molecule has 96 valence electrons. The molecule has 0 saturated carbocycles. The van der Waals surface area contributed by atoms with E-state index in [1.54, 1.807) is 16.2 Å². The van der Waals surface area contributed by atoms with Gasteiger partial charge < -0.3 is 4.90 Å². The molecule has 0 aliphatic rings. The molecule has 3 nitrogen and oxygen atoms in total. The van der Waals surface area contributed by atoms with Gasteiger partial charge in [-0.1, -0.05) is 13.0 Å². The van der Waals surface area contributed by atoms with Crippen LogP contribution in [0.5, 0.6) is 0 Å². The Kier molecular flexibility index (Phi) is 4.14. The van der Waals surface area contributed by atoms with Gasteiger partial charge in [-0.2, -0.15) is 0 Å². The summed E-state index contributed by atoms with van der Waals surface area (Å²) >= 11 is 3.17. The number of nitrogens with zero attached hydrogens (tertiary/aromatic N) is 2. The zero-order valence-electron chi connectivity index (χ0n) is 10.7. The molecule has 0 saturated heterocycles. The highest BCUT2D eigenvalue weighted by atomic mass is 32.1. The summed E-state index contributed by atoms with van der Waals surface area (Å²) in [5.41, 5.74) is 0.547. The van der Waals surface area contributed by atoms with Crippen molar-refractivity contribution in [2.75, 3.05) is 7.05 Å². The van der Waals surface area contributed by atoms with Gasteiger partial charge in [0.25, 0.3) is 5.91 Å². The van der Waals surface area contributed by atoms with Crippen LogP contribution in [0.2, 0.25) is 0 Å². The Labute approximate surface area is 115 Å². The summed E-state index contributed by atoms with van der Waals surface area (Å²) in [7, 11) is 1.83. The van der Waals surface area contributed by atoms with Crippen LogP contribution in [-0.4, -0.2) is 28.9 Å². The molecule has 0 N–H and O–H groups in total. The zero-order chi connectivity index (χ0) is 13.1. The molecule has 2 aromatic heterocycles. The predicted octanol–water partition coefficient (Wildman–Crippen LogP) is 3.74. The van der Waals surface area contributed by atoms with Gasteiger partial charge in [0.2, 0.25) is 0 Å². The molecule has 2 aromatic rings. The predicted molar refractivity (Wildman–Crippen MR) is 77.3 cm³/mol. The summed E-state index contributed by atoms with van der Waals surface area (Å²) in [6.45, 7) is 4.12. The number of carbonyl (C=O) groups is 1. The van der Waals surface area contributed by atoms with Crippen LogP contribution in [0.3, 0.4) is 0 Å². The highest BCUT2D eigenvalue weighted by molar-refractivity contribution is 7.20. The third-order valence-electron chi connectivity index (χ3n) is 3.03. The summed E-state index contributed by atoms with van der Waals surface area (Å²) < 4.78 is 0. The topological polar surface area (TPSA) is 33.2 Å². The first-order valence-electron chi connectivity index (χ1n) is 5.90. The molecule has 2 rings (SSSR count). The van der Waals surface area contributed by atoms with Gasteiger partial charge in [0.15, 0.2) is 0 Å². The number of hydrogen-bond donors (Lipinski definition) is 0. The minimum Gasteiger partial charge on any atom is -0.338 e. The Balaban J connectivity index is 2.18. The second-order valence-electron chi connectivity index (χ2n) is 4.19. The highest BCUT2D eigenvalue weighted by Gasteiger charge is 2.19. The number of thiazole rings is 1. The van der Waals surface area contributed by atoms with Crippen molar-refractivity contribution in [2.45, 2.75) is 26.3 Å². The lowest BCUT2D eigenvalue weighted by Gasteiger charge is -2.22. The first-order chi connectivity index (χ1) is 8.63. The quantitative estimate of drug-likeness (QED) is 0.854. The van der Waals surface area contributed by atoms with Gasteiger partial charge in [0.1, 0.15) is 10.7 Å². The fraction of sp³-hybridized carbons (Fsp3) is 0.385. The Morgan fingerprint density at radius 3 is 2.89 bits per heavy atom. The van der Waals surface area contributed by atoms with E-state index in [0.29, 0.717) is 5.69 Å². The molecule has 1 unspecified atom stereocenters. The van der Waals surface area contributed by atoms with E-state index >= 15 is 0 Å². The number of hydrogen-bond acceptors (Lipinski definition) is 4. The minimum absolute atomic E-state index is 0.00315. The summed E-state index contributed by atoms with van der Waals surface area (Å²) in [6, 6.07) is 4.26. The van der Waals surface area contributed by atoms with Gasteiger partial charge in [-0.05, 0) is 24.8 Å². The number of carbonyl (C=O) groups excluding carboxylic acids is 1. The van der Waals surface area contributed by atoms with Gasteiger partial charge in [-0.3, -0.25) is 4.79 Å². The van der Waals surface area contributed by atoms with Crippen molar-refractivity contribution < 1.29 is 4.79 Å². The monoisotopic (exact) mass is 280 g/mol. The van der Waals surface area contributed by atoms with E-state index in [0.717, 1.165) is 16.3 Å². The van der Waals surface area contributed by atoms with Gasteiger partial charge >= 0.3 is 0 Å². The Morgan fingerprint density at radius 2 is 2.28 bits per heavy atom. The molecule has 0 aromatic carbocycles. The maximum absolute atomic E-state index is 12.2. The van der Waals surface area contributed by atoms with Crippen LogP contribution in [0.1, 0.15) is 30.8 Å². The van der Waals surface area contributed by atoms with E-state index in [2.05, 4.69) is 11.9 Å². The fourth-order valence-corrected chi connectivity index (χ4v) is 3.15. The lowest BCUT2D eigenvalue weighted by Crippen LogP contribution is -2.34. The zero-order valence-corrected chi connectivity index (χ0v) is 12.3. The third-order valence-corrected chi connectivity index (χ3v) is 4.91. The van der Waals surface area contributed by atoms with E-state index in [1.165, 1.54) is 11.3 Å². The lowest BCUT2D eigenvalue weighted by atomic mass is 10.2. The van der Waals surface area contributed by atoms with Crippen molar-refractivity contribution in [3.05, 3.63) is 28.6 Å². The average molecular weight is 280 g/mol. The molecular formula is C13H16N2OS2. The SMILES string of the molecule is CCC(C)N(C)C(=O)c1csc(-c2cccs2)n1. The van der Waals surface area contributed by atoms with E-state index < -0.39 is 0 Å². The lowest BCUT2D eigenvalue weighted by molar-refractivity contribution is 0.0735. The molecule has 1 amide bonds. The number of amides is 1. The van der Waals surface area contributed by atoms with Crippen molar-refractivity contribution in [1.82, 2.24) is 9.88 Å². The van der Waals surface area contributed by atoms with Gasteiger partial charge in [-0.25, -0.2) is 4.98 Å². The average Bonchev–Trinajstić information content (AvgIpc) is 3.05. The van der Waals surface area contributed by atoms with Crippen molar-refractivity contribution in [3.8, 4) is 9.88 Å². The Hall–Kier alpha value is -1.20. The van der Waals surface area contributed by atoms with Gasteiger partial charge in [0, 0.05) is 18.5 Å². The Morgan fingerprint density at radius 1 is 1.50 bits per heavy atom. The van der Waals surface area contributed by atoms with Crippen LogP contribution in [0, 0.1) is 0 Å². The maximum Gasteiger partial charge on any atom is 0.273 e. The number of thiophene rings is 1. The van der Waals surface area contributed by atoms with Crippen molar-refractivity contribution in [3.63, 3.8) is 0 Å². The van der Waals surface area contributed by atoms with E-state index in [1.807, 2.05) is 36.9 Å². The molecule has 18 heavy (non-hydrogen) atoms. The highest BCUT2D eigenvalue weighted by Crippen LogP contribution is 2.28. The molecule has 2 heterocycles. The molecule has 0 aliphatic carbocycles. The Bertz CT molecular complexity index is 519. The number of aromatic nitrogens is 1. The van der Waals surface area contributed by atoms with E-state index in [9.17, 15) is 4.79 Å². The summed E-state index contributed by atoms with van der Waals surface area (Å²) in [4.78, 5) is 19.5. The first-order valence-corrected chi connectivity index (χ1v) is 7.66. The second kappa shape index (κ2) is 5.63. The fourth-order valence-electron chi connectivity index (χ4n) is 1.54. The van der Waals surface area contributed by atoms with E-state index in [-0.39, 0.29) is 11.9 Å². The van der Waals surface area contributed by atoms with E-state index in [4.69, 9.17) is 0 Å². The van der Waals surface area contributed by atoms with Gasteiger partial charge in [0.05, 0.1) is 4.88 Å². The van der Waals surface area contributed by atoms with Crippen molar-refractivity contribution in [1.29, 1.82) is 0 Å². The van der Waals surface area contributed by atoms with Crippen LogP contribution >= 0.6 is 22.7 Å². The van der Waals surface area contributed by atoms with Crippen molar-refractivity contribution in [2.24, 2.45) is 0 Å². The maximum atomic E-state index is 12.2. The summed E-state index contributed by atoms with van der Waals surface area (Å²) in [6.07, 6.45) is 0.949. The summed E-state index contributed by atoms with van der Waals surface area (Å²) in [5.74, 6) is 0.00315. The van der Waals surface area contributed by atoms with Crippen LogP contribution < -0.4 is 0 Å². The van der Waals surface area contributed by atoms with Crippen molar-refractivity contribution >= 4 is 28.6 Å². The molecule has 1 atom stereocenters. The molecule has 0 radical (unpaired) electrons. The molecule has 0 aliphatic heterocycles. The summed E-state index contributed by atoms with van der Waals surface area (Å²) in [5, 5.41) is 4.78. The largest absolute Gasteiger partial charge is 0.338 e. The smallest absolute Gasteiger partial charge is 0.273 e.